The van der Waals surface area contributed by atoms with Gasteiger partial charge in [0.05, 0.1) is 5.60 Å². The number of hydrogen-bond donors (Lipinski definition) is 1. The van der Waals surface area contributed by atoms with Crippen LogP contribution < -0.4 is 5.32 Å². The molecule has 0 atom stereocenters. The van der Waals surface area contributed by atoms with E-state index in [1.807, 2.05) is 19.9 Å². The molecule has 1 rings (SSSR count). The second-order valence-electron chi connectivity index (χ2n) is 4.65. The Morgan fingerprint density at radius 2 is 2.06 bits per heavy atom. The van der Waals surface area contributed by atoms with Crippen LogP contribution >= 0.6 is 0 Å². The highest BCUT2D eigenvalue weighted by atomic mass is 19.1. The lowest BCUT2D eigenvalue weighted by Crippen LogP contribution is -2.36. The van der Waals surface area contributed by atoms with Crippen LogP contribution in [0.15, 0.2) is 18.2 Å². The summed E-state index contributed by atoms with van der Waals surface area (Å²) in [4.78, 5) is 0. The van der Waals surface area contributed by atoms with E-state index >= 15 is 0 Å². The van der Waals surface area contributed by atoms with Gasteiger partial charge in [-0.2, -0.15) is 0 Å². The normalized spacial score (nSPS) is 11.8. The summed E-state index contributed by atoms with van der Waals surface area (Å²) in [5.74, 6) is -0.148. The standard InChI is InChI=1S/C13H20FNO/c1-10-5-6-11(7-12(10)14)8-15-9-13(2,3)16-4/h5-7,15H,8-9H2,1-4H3. The number of hydrogen-bond acceptors (Lipinski definition) is 2. The van der Waals surface area contributed by atoms with Crippen molar-refractivity contribution in [1.29, 1.82) is 0 Å². The smallest absolute Gasteiger partial charge is 0.126 e. The van der Waals surface area contributed by atoms with Gasteiger partial charge in [-0.1, -0.05) is 12.1 Å². The maximum Gasteiger partial charge on any atom is 0.126 e. The number of ether oxygens (including phenoxy) is 1. The summed E-state index contributed by atoms with van der Waals surface area (Å²) in [6.45, 7) is 7.18. The quantitative estimate of drug-likeness (QED) is 0.831. The van der Waals surface area contributed by atoms with Crippen LogP contribution in [0.1, 0.15) is 25.0 Å². The van der Waals surface area contributed by atoms with Gasteiger partial charge in [0.15, 0.2) is 0 Å². The summed E-state index contributed by atoms with van der Waals surface area (Å²) in [6, 6.07) is 5.31. The first-order valence-electron chi connectivity index (χ1n) is 5.45. The Kier molecular flexibility index (Phi) is 4.44. The molecule has 1 N–H and O–H groups in total. The monoisotopic (exact) mass is 225 g/mol. The van der Waals surface area contributed by atoms with Crippen molar-refractivity contribution in [2.45, 2.75) is 32.9 Å². The second kappa shape index (κ2) is 5.41. The molecule has 0 heterocycles. The number of methoxy groups -OCH3 is 1. The first-order valence-corrected chi connectivity index (χ1v) is 5.45. The third kappa shape index (κ3) is 3.91. The minimum atomic E-state index is -0.191. The Hall–Kier alpha value is -0.930. The molecule has 0 radical (unpaired) electrons. The average Bonchev–Trinajstić information content (AvgIpc) is 2.23. The van der Waals surface area contributed by atoms with Gasteiger partial charge in [-0.05, 0) is 38.0 Å². The molecule has 3 heteroatoms. The van der Waals surface area contributed by atoms with E-state index < -0.39 is 0 Å². The topological polar surface area (TPSA) is 21.3 Å². The Balaban J connectivity index is 2.46. The van der Waals surface area contributed by atoms with Gasteiger partial charge in [0.25, 0.3) is 0 Å². The minimum absolute atomic E-state index is 0.148. The minimum Gasteiger partial charge on any atom is -0.377 e. The maximum atomic E-state index is 13.3. The van der Waals surface area contributed by atoms with Gasteiger partial charge < -0.3 is 10.1 Å². The molecular formula is C13H20FNO. The van der Waals surface area contributed by atoms with E-state index in [-0.39, 0.29) is 11.4 Å². The number of rotatable bonds is 5. The number of nitrogens with one attached hydrogen (secondary N) is 1. The summed E-state index contributed by atoms with van der Waals surface area (Å²) in [5, 5.41) is 3.25. The molecule has 2 nitrogen and oxygen atoms in total. The van der Waals surface area contributed by atoms with E-state index in [1.165, 1.54) is 0 Å². The molecule has 0 aliphatic rings. The lowest BCUT2D eigenvalue weighted by atomic mass is 10.1. The van der Waals surface area contributed by atoms with Crippen molar-refractivity contribution in [2.24, 2.45) is 0 Å². The van der Waals surface area contributed by atoms with E-state index in [9.17, 15) is 4.39 Å². The predicted molar refractivity (Wildman–Crippen MR) is 63.9 cm³/mol. The predicted octanol–water partition coefficient (Wildman–Crippen LogP) is 2.65. The van der Waals surface area contributed by atoms with Gasteiger partial charge in [-0.3, -0.25) is 0 Å². The third-order valence-electron chi connectivity index (χ3n) is 2.67. The van der Waals surface area contributed by atoms with Gasteiger partial charge in [0.2, 0.25) is 0 Å². The highest BCUT2D eigenvalue weighted by Crippen LogP contribution is 2.10. The molecule has 0 amide bonds. The van der Waals surface area contributed by atoms with Gasteiger partial charge in [0.1, 0.15) is 5.82 Å². The fourth-order valence-electron chi connectivity index (χ4n) is 1.33. The van der Waals surface area contributed by atoms with Crippen molar-refractivity contribution in [1.82, 2.24) is 5.32 Å². The van der Waals surface area contributed by atoms with E-state index in [4.69, 9.17) is 4.74 Å². The fourth-order valence-corrected chi connectivity index (χ4v) is 1.33. The average molecular weight is 225 g/mol. The van der Waals surface area contributed by atoms with E-state index in [0.717, 1.165) is 12.1 Å². The molecule has 0 aliphatic heterocycles. The molecule has 90 valence electrons. The van der Waals surface area contributed by atoms with Gasteiger partial charge in [0, 0.05) is 20.2 Å². The zero-order valence-corrected chi connectivity index (χ0v) is 10.4. The molecule has 1 aromatic carbocycles. The number of halogens is 1. The van der Waals surface area contributed by atoms with Gasteiger partial charge >= 0.3 is 0 Å². The molecule has 0 unspecified atom stereocenters. The van der Waals surface area contributed by atoms with Crippen molar-refractivity contribution in [3.63, 3.8) is 0 Å². The van der Waals surface area contributed by atoms with E-state index in [1.54, 1.807) is 26.2 Å². The summed E-state index contributed by atoms with van der Waals surface area (Å²) < 4.78 is 18.5. The number of benzene rings is 1. The molecule has 0 spiro atoms. The van der Waals surface area contributed by atoms with Crippen molar-refractivity contribution in [2.75, 3.05) is 13.7 Å². The Morgan fingerprint density at radius 1 is 1.38 bits per heavy atom. The van der Waals surface area contributed by atoms with E-state index in [2.05, 4.69) is 5.32 Å². The summed E-state index contributed by atoms with van der Waals surface area (Å²) in [5.41, 5.74) is 1.44. The lowest BCUT2D eigenvalue weighted by Gasteiger charge is -2.23. The number of aryl methyl sites for hydroxylation is 1. The molecule has 16 heavy (non-hydrogen) atoms. The highest BCUT2D eigenvalue weighted by molar-refractivity contribution is 5.23. The van der Waals surface area contributed by atoms with Crippen LogP contribution in [0.3, 0.4) is 0 Å². The molecule has 0 aromatic heterocycles. The SMILES string of the molecule is COC(C)(C)CNCc1ccc(C)c(F)c1. The van der Waals surface area contributed by atoms with Crippen molar-refractivity contribution < 1.29 is 9.13 Å². The van der Waals surface area contributed by atoms with Crippen LogP contribution in [-0.2, 0) is 11.3 Å². The first-order chi connectivity index (χ1) is 7.44. The first kappa shape index (κ1) is 13.1. The van der Waals surface area contributed by atoms with Crippen LogP contribution in [0.25, 0.3) is 0 Å². The van der Waals surface area contributed by atoms with Crippen LogP contribution in [0, 0.1) is 12.7 Å². The summed E-state index contributed by atoms with van der Waals surface area (Å²) in [6.07, 6.45) is 0. The Labute approximate surface area is 96.8 Å². The molecule has 0 fully saturated rings. The molecular weight excluding hydrogens is 205 g/mol. The highest BCUT2D eigenvalue weighted by Gasteiger charge is 2.14. The van der Waals surface area contributed by atoms with Crippen LogP contribution in [0.2, 0.25) is 0 Å². The third-order valence-corrected chi connectivity index (χ3v) is 2.67. The molecule has 0 saturated heterocycles. The van der Waals surface area contributed by atoms with Gasteiger partial charge in [-0.25, -0.2) is 4.39 Å². The zero-order chi connectivity index (χ0) is 12.2. The van der Waals surface area contributed by atoms with Crippen LogP contribution in [0.4, 0.5) is 4.39 Å². The maximum absolute atomic E-state index is 13.3. The largest absolute Gasteiger partial charge is 0.377 e. The molecule has 0 saturated carbocycles. The fraction of sp³-hybridized carbons (Fsp3) is 0.538. The summed E-state index contributed by atoms with van der Waals surface area (Å²) in [7, 11) is 1.69. The van der Waals surface area contributed by atoms with Crippen LogP contribution in [0.5, 0.6) is 0 Å². The lowest BCUT2D eigenvalue weighted by molar-refractivity contribution is 0.0230. The van der Waals surface area contributed by atoms with Crippen LogP contribution in [-0.4, -0.2) is 19.3 Å². The van der Waals surface area contributed by atoms with E-state index in [0.29, 0.717) is 12.1 Å². The molecule has 0 aliphatic carbocycles. The zero-order valence-electron chi connectivity index (χ0n) is 10.4. The van der Waals surface area contributed by atoms with Crippen molar-refractivity contribution in [3.8, 4) is 0 Å². The Morgan fingerprint density at radius 3 is 2.62 bits per heavy atom. The Bertz CT molecular complexity index is 350. The second-order valence-corrected chi connectivity index (χ2v) is 4.65. The van der Waals surface area contributed by atoms with Crippen molar-refractivity contribution in [3.05, 3.63) is 35.1 Å². The molecule has 1 aromatic rings. The summed E-state index contributed by atoms with van der Waals surface area (Å²) >= 11 is 0. The molecule has 0 bridgehead atoms. The van der Waals surface area contributed by atoms with Crippen molar-refractivity contribution >= 4 is 0 Å². The van der Waals surface area contributed by atoms with Gasteiger partial charge in [-0.15, -0.1) is 0 Å².